The number of para-hydroxylation sites is 1. The van der Waals surface area contributed by atoms with Gasteiger partial charge in [0.05, 0.1) is 22.6 Å². The summed E-state index contributed by atoms with van der Waals surface area (Å²) in [4.78, 5) is 17.8. The molecule has 24 heavy (non-hydrogen) atoms. The van der Waals surface area contributed by atoms with Crippen LogP contribution in [-0.2, 0) is 0 Å². The first kappa shape index (κ1) is 16.7. The largest absolute Gasteiger partial charge is 0.308 e. The molecule has 1 N–H and O–H groups in total. The normalized spacial score (nSPS) is 12.5. The van der Waals surface area contributed by atoms with E-state index in [0.29, 0.717) is 21.7 Å². The molecule has 0 radical (unpaired) electrons. The van der Waals surface area contributed by atoms with Gasteiger partial charge in [0.1, 0.15) is 5.82 Å². The number of hydrogen-bond acceptors (Lipinski definition) is 3. The molecule has 0 bridgehead atoms. The van der Waals surface area contributed by atoms with Gasteiger partial charge in [-0.15, -0.1) is 0 Å². The summed E-state index contributed by atoms with van der Waals surface area (Å²) in [6, 6.07) is 14.7. The molecule has 5 heteroatoms. The zero-order valence-corrected chi connectivity index (χ0v) is 14.5. The Morgan fingerprint density at radius 3 is 2.75 bits per heavy atom. The molecular weight excluding hydrogens is 322 g/mol. The number of rotatable bonds is 5. The molecule has 0 aliphatic rings. The maximum absolute atomic E-state index is 13.1. The van der Waals surface area contributed by atoms with Crippen molar-refractivity contribution in [1.82, 2.24) is 14.9 Å². The van der Waals surface area contributed by atoms with Gasteiger partial charge in [0, 0.05) is 5.02 Å². The standard InChI is InChI=1S/C19H20ClN3O/c1-3-11-21-13(2)18-22-17-10-5-4-9-16(17)19(24)23(18)15-8-6-7-14(20)12-15/h4-10,12-13,21H,3,11H2,1-2H3. The van der Waals surface area contributed by atoms with Crippen molar-refractivity contribution >= 4 is 22.5 Å². The zero-order chi connectivity index (χ0) is 17.1. The summed E-state index contributed by atoms with van der Waals surface area (Å²) < 4.78 is 1.65. The highest BCUT2D eigenvalue weighted by Gasteiger charge is 2.17. The van der Waals surface area contributed by atoms with Crippen LogP contribution in [0.4, 0.5) is 0 Å². The summed E-state index contributed by atoms with van der Waals surface area (Å²) in [6.07, 6.45) is 1.01. The Labute approximate surface area is 146 Å². The van der Waals surface area contributed by atoms with Crippen LogP contribution < -0.4 is 10.9 Å². The zero-order valence-electron chi connectivity index (χ0n) is 13.8. The van der Waals surface area contributed by atoms with Crippen LogP contribution in [0.15, 0.2) is 53.3 Å². The fourth-order valence-corrected chi connectivity index (χ4v) is 2.94. The number of hydrogen-bond donors (Lipinski definition) is 1. The van der Waals surface area contributed by atoms with Crippen molar-refractivity contribution in [1.29, 1.82) is 0 Å². The number of halogens is 1. The van der Waals surface area contributed by atoms with E-state index in [1.54, 1.807) is 22.8 Å². The molecule has 0 saturated heterocycles. The van der Waals surface area contributed by atoms with E-state index in [1.165, 1.54) is 0 Å². The Morgan fingerprint density at radius 1 is 1.21 bits per heavy atom. The van der Waals surface area contributed by atoms with Crippen LogP contribution in [0.3, 0.4) is 0 Å². The number of aromatic nitrogens is 2. The van der Waals surface area contributed by atoms with Gasteiger partial charge in [0.25, 0.3) is 5.56 Å². The molecule has 3 rings (SSSR count). The first-order valence-corrected chi connectivity index (χ1v) is 8.50. The van der Waals surface area contributed by atoms with Crippen LogP contribution >= 0.6 is 11.6 Å². The number of nitrogens with zero attached hydrogens (tertiary/aromatic N) is 2. The van der Waals surface area contributed by atoms with Crippen molar-refractivity contribution in [2.75, 3.05) is 6.54 Å². The van der Waals surface area contributed by atoms with Gasteiger partial charge in [-0.3, -0.25) is 9.36 Å². The molecule has 0 spiro atoms. The summed E-state index contributed by atoms with van der Waals surface area (Å²) in [5.41, 5.74) is 1.36. The lowest BCUT2D eigenvalue weighted by Gasteiger charge is -2.19. The molecule has 3 aromatic rings. The molecule has 0 aliphatic carbocycles. The van der Waals surface area contributed by atoms with Gasteiger partial charge in [-0.1, -0.05) is 36.7 Å². The SMILES string of the molecule is CCCNC(C)c1nc2ccccc2c(=O)n1-c1cccc(Cl)c1. The Balaban J connectivity index is 2.27. The van der Waals surface area contributed by atoms with Crippen LogP contribution in [0.1, 0.15) is 32.1 Å². The van der Waals surface area contributed by atoms with E-state index < -0.39 is 0 Å². The minimum absolute atomic E-state index is 0.0544. The number of benzene rings is 2. The summed E-state index contributed by atoms with van der Waals surface area (Å²) in [5.74, 6) is 0.689. The van der Waals surface area contributed by atoms with Crippen molar-refractivity contribution in [2.24, 2.45) is 0 Å². The molecule has 1 atom stereocenters. The van der Waals surface area contributed by atoms with Crippen LogP contribution in [0.25, 0.3) is 16.6 Å². The summed E-state index contributed by atoms with van der Waals surface area (Å²) in [7, 11) is 0. The van der Waals surface area contributed by atoms with Crippen LogP contribution in [0.2, 0.25) is 5.02 Å². The molecule has 0 aliphatic heterocycles. The minimum atomic E-state index is -0.0805. The second-order valence-corrected chi connectivity index (χ2v) is 6.22. The number of fused-ring (bicyclic) bond motifs is 1. The van der Waals surface area contributed by atoms with E-state index in [4.69, 9.17) is 16.6 Å². The van der Waals surface area contributed by atoms with Crippen molar-refractivity contribution in [3.63, 3.8) is 0 Å². The van der Waals surface area contributed by atoms with E-state index in [9.17, 15) is 4.79 Å². The molecule has 0 amide bonds. The Hall–Kier alpha value is -2.17. The second-order valence-electron chi connectivity index (χ2n) is 5.78. The van der Waals surface area contributed by atoms with Gasteiger partial charge < -0.3 is 5.32 Å². The lowest BCUT2D eigenvalue weighted by molar-refractivity contribution is 0.531. The van der Waals surface area contributed by atoms with Crippen molar-refractivity contribution in [2.45, 2.75) is 26.3 Å². The van der Waals surface area contributed by atoms with Crippen LogP contribution in [-0.4, -0.2) is 16.1 Å². The maximum atomic E-state index is 13.1. The number of nitrogens with one attached hydrogen (secondary N) is 1. The topological polar surface area (TPSA) is 46.9 Å². The van der Waals surface area contributed by atoms with E-state index in [0.717, 1.165) is 18.7 Å². The molecule has 4 nitrogen and oxygen atoms in total. The van der Waals surface area contributed by atoms with Gasteiger partial charge in [-0.2, -0.15) is 0 Å². The fraction of sp³-hybridized carbons (Fsp3) is 0.263. The monoisotopic (exact) mass is 341 g/mol. The van der Waals surface area contributed by atoms with Crippen LogP contribution in [0.5, 0.6) is 0 Å². The van der Waals surface area contributed by atoms with Crippen molar-refractivity contribution in [3.8, 4) is 5.69 Å². The van der Waals surface area contributed by atoms with E-state index in [1.807, 2.05) is 37.3 Å². The lowest BCUT2D eigenvalue weighted by Crippen LogP contribution is -2.30. The van der Waals surface area contributed by atoms with Crippen molar-refractivity contribution in [3.05, 3.63) is 69.7 Å². The molecular formula is C19H20ClN3O. The smallest absolute Gasteiger partial charge is 0.266 e. The predicted octanol–water partition coefficient (Wildman–Crippen LogP) is 4.10. The molecule has 1 heterocycles. The van der Waals surface area contributed by atoms with Gasteiger partial charge in [-0.25, -0.2) is 4.98 Å². The fourth-order valence-electron chi connectivity index (χ4n) is 2.76. The molecule has 0 saturated carbocycles. The van der Waals surface area contributed by atoms with E-state index >= 15 is 0 Å². The van der Waals surface area contributed by atoms with Gasteiger partial charge in [-0.05, 0) is 50.2 Å². The van der Waals surface area contributed by atoms with E-state index in [-0.39, 0.29) is 11.6 Å². The average Bonchev–Trinajstić information content (AvgIpc) is 2.59. The first-order valence-electron chi connectivity index (χ1n) is 8.13. The average molecular weight is 342 g/mol. The highest BCUT2D eigenvalue weighted by molar-refractivity contribution is 6.30. The highest BCUT2D eigenvalue weighted by Crippen LogP contribution is 2.20. The van der Waals surface area contributed by atoms with Gasteiger partial charge in [0.2, 0.25) is 0 Å². The first-order chi connectivity index (χ1) is 11.6. The van der Waals surface area contributed by atoms with Gasteiger partial charge in [0.15, 0.2) is 0 Å². The van der Waals surface area contributed by atoms with Crippen molar-refractivity contribution < 1.29 is 0 Å². The third-order valence-electron chi connectivity index (χ3n) is 3.96. The van der Waals surface area contributed by atoms with Crippen LogP contribution in [0, 0.1) is 0 Å². The molecule has 1 aromatic heterocycles. The maximum Gasteiger partial charge on any atom is 0.266 e. The Bertz CT molecular complexity index is 920. The summed E-state index contributed by atoms with van der Waals surface area (Å²) >= 11 is 6.13. The highest BCUT2D eigenvalue weighted by atomic mass is 35.5. The summed E-state index contributed by atoms with van der Waals surface area (Å²) in [5, 5.41) is 4.60. The third-order valence-corrected chi connectivity index (χ3v) is 4.19. The Kier molecular flexibility index (Phi) is 4.97. The molecule has 0 fully saturated rings. The van der Waals surface area contributed by atoms with E-state index in [2.05, 4.69) is 12.2 Å². The Morgan fingerprint density at radius 2 is 2.00 bits per heavy atom. The quantitative estimate of drug-likeness (QED) is 0.760. The second kappa shape index (κ2) is 7.16. The summed E-state index contributed by atoms with van der Waals surface area (Å²) in [6.45, 7) is 4.99. The molecule has 2 aromatic carbocycles. The van der Waals surface area contributed by atoms with Gasteiger partial charge >= 0.3 is 0 Å². The molecule has 124 valence electrons. The predicted molar refractivity (Wildman–Crippen MR) is 99.1 cm³/mol. The lowest BCUT2D eigenvalue weighted by atomic mass is 10.2. The minimum Gasteiger partial charge on any atom is -0.308 e. The molecule has 1 unspecified atom stereocenters. The third kappa shape index (κ3) is 3.21.